The highest BCUT2D eigenvalue weighted by atomic mass is 19.2. The molecule has 2 aromatic heterocycles. The number of pyridine rings is 1. The van der Waals surface area contributed by atoms with Gasteiger partial charge in [0, 0.05) is 36.1 Å². The number of carbonyl (C=O) groups excluding carboxylic acids is 1. The second kappa shape index (κ2) is 7.59. The summed E-state index contributed by atoms with van der Waals surface area (Å²) < 4.78 is 34.0. The molecule has 3 aliphatic heterocycles. The average molecular weight is 527 g/mol. The Morgan fingerprint density at radius 3 is 2.54 bits per heavy atom. The summed E-state index contributed by atoms with van der Waals surface area (Å²) in [7, 11) is 0. The van der Waals surface area contributed by atoms with E-state index in [1.165, 1.54) is 12.3 Å². The Morgan fingerprint density at radius 2 is 1.72 bits per heavy atom. The summed E-state index contributed by atoms with van der Waals surface area (Å²) in [4.78, 5) is 28.0. The van der Waals surface area contributed by atoms with Crippen molar-refractivity contribution in [2.45, 2.75) is 37.9 Å². The Balaban J connectivity index is 1.47. The molecule has 1 spiro atoms. The Hall–Kier alpha value is -4.40. The number of piperidine rings is 1. The number of hydrogen-bond donors (Lipinski definition) is 1. The molecule has 5 heterocycles. The van der Waals surface area contributed by atoms with E-state index in [0.717, 1.165) is 36.6 Å². The zero-order chi connectivity index (χ0) is 26.6. The van der Waals surface area contributed by atoms with Crippen molar-refractivity contribution in [3.05, 3.63) is 106 Å². The number of para-hydroxylation sites is 1. The quantitative estimate of drug-likeness (QED) is 0.391. The lowest BCUT2D eigenvalue weighted by Gasteiger charge is -2.53. The maximum atomic E-state index is 15.8. The van der Waals surface area contributed by atoms with E-state index >= 15 is 4.39 Å². The molecule has 2 fully saturated rings. The monoisotopic (exact) mass is 526 g/mol. The Kier molecular flexibility index (Phi) is 4.39. The Morgan fingerprint density at radius 1 is 0.897 bits per heavy atom. The van der Waals surface area contributed by atoms with Crippen LogP contribution in [0.1, 0.15) is 53.3 Å². The molecule has 2 aromatic carbocycles. The van der Waals surface area contributed by atoms with Crippen LogP contribution in [0.2, 0.25) is 0 Å². The zero-order valence-electron chi connectivity index (χ0n) is 20.8. The van der Waals surface area contributed by atoms with E-state index in [9.17, 15) is 19.1 Å². The molecule has 8 rings (SSSR count). The molecular weight excluding hydrogens is 502 g/mol. The van der Waals surface area contributed by atoms with Gasteiger partial charge in [0.2, 0.25) is 5.43 Å². The molecule has 4 aliphatic rings. The molecular formula is C30H24F2N4O3. The van der Waals surface area contributed by atoms with Gasteiger partial charge in [0.15, 0.2) is 23.1 Å². The predicted molar refractivity (Wildman–Crippen MR) is 139 cm³/mol. The maximum absolute atomic E-state index is 15.8. The van der Waals surface area contributed by atoms with Crippen LogP contribution in [0.5, 0.6) is 5.75 Å². The third kappa shape index (κ3) is 2.95. The van der Waals surface area contributed by atoms with Crippen molar-refractivity contribution in [1.29, 1.82) is 0 Å². The van der Waals surface area contributed by atoms with Gasteiger partial charge in [-0.3, -0.25) is 19.3 Å². The van der Waals surface area contributed by atoms with Crippen LogP contribution < -0.4 is 10.4 Å². The van der Waals surface area contributed by atoms with Crippen LogP contribution in [0, 0.1) is 17.0 Å². The van der Waals surface area contributed by atoms with Crippen LogP contribution in [0.3, 0.4) is 0 Å². The third-order valence-corrected chi connectivity index (χ3v) is 9.07. The highest BCUT2D eigenvalue weighted by Crippen LogP contribution is 2.57. The number of carbonyl (C=O) groups is 1. The molecule has 0 unspecified atom stereocenters. The number of hydrogen-bond acceptors (Lipinski definition) is 4. The van der Waals surface area contributed by atoms with Crippen molar-refractivity contribution in [2.75, 3.05) is 11.6 Å². The van der Waals surface area contributed by atoms with Gasteiger partial charge >= 0.3 is 0 Å². The van der Waals surface area contributed by atoms with Crippen LogP contribution >= 0.6 is 0 Å². The van der Waals surface area contributed by atoms with E-state index in [1.54, 1.807) is 27.8 Å². The number of nitrogens with zero attached hydrogens (tertiary/aromatic N) is 4. The summed E-state index contributed by atoms with van der Waals surface area (Å²) in [6.45, 7) is 0.488. The number of aromatic hydroxyl groups is 1. The fourth-order valence-electron chi connectivity index (χ4n) is 6.93. The third-order valence-electron chi connectivity index (χ3n) is 9.07. The maximum Gasteiger partial charge on any atom is 0.278 e. The van der Waals surface area contributed by atoms with Crippen molar-refractivity contribution in [3.63, 3.8) is 0 Å². The summed E-state index contributed by atoms with van der Waals surface area (Å²) in [5.41, 5.74) is 2.20. The molecule has 1 saturated heterocycles. The second-order valence-corrected chi connectivity index (χ2v) is 11.1. The van der Waals surface area contributed by atoms with Gasteiger partial charge in [0.05, 0.1) is 11.4 Å². The van der Waals surface area contributed by atoms with Gasteiger partial charge in [-0.25, -0.2) is 8.78 Å². The number of fused-ring (bicyclic) bond motifs is 7. The number of benzene rings is 2. The van der Waals surface area contributed by atoms with Crippen molar-refractivity contribution >= 4 is 5.91 Å². The fraction of sp³-hybridized carbons (Fsp3) is 0.267. The lowest BCUT2D eigenvalue weighted by Crippen LogP contribution is -2.65. The molecule has 1 amide bonds. The van der Waals surface area contributed by atoms with Gasteiger partial charge in [-0.15, -0.1) is 0 Å². The van der Waals surface area contributed by atoms with Gasteiger partial charge < -0.3 is 14.6 Å². The van der Waals surface area contributed by atoms with Crippen molar-refractivity contribution in [2.24, 2.45) is 5.41 Å². The second-order valence-electron chi connectivity index (χ2n) is 11.1. The minimum Gasteiger partial charge on any atom is -0.502 e. The fourth-order valence-corrected chi connectivity index (χ4v) is 6.93. The molecule has 0 bridgehead atoms. The van der Waals surface area contributed by atoms with E-state index in [-0.39, 0.29) is 16.7 Å². The number of halogens is 2. The first kappa shape index (κ1) is 22.6. The van der Waals surface area contributed by atoms with Crippen molar-refractivity contribution in [1.82, 2.24) is 14.1 Å². The van der Waals surface area contributed by atoms with Crippen LogP contribution in [-0.4, -0.2) is 37.9 Å². The molecule has 196 valence electrons. The highest BCUT2D eigenvalue weighted by Gasteiger charge is 2.55. The average Bonchev–Trinajstić information content (AvgIpc) is 3.53. The zero-order valence-corrected chi connectivity index (χ0v) is 20.8. The molecule has 0 radical (unpaired) electrons. The number of aromatic nitrogens is 2. The molecule has 7 nitrogen and oxygen atoms in total. The normalized spacial score (nSPS) is 21.9. The minimum atomic E-state index is -0.946. The van der Waals surface area contributed by atoms with Crippen LogP contribution in [0.15, 0.2) is 71.8 Å². The van der Waals surface area contributed by atoms with Gasteiger partial charge in [-0.1, -0.05) is 24.3 Å². The number of amides is 1. The molecule has 39 heavy (non-hydrogen) atoms. The van der Waals surface area contributed by atoms with E-state index in [2.05, 4.69) is 0 Å². The van der Waals surface area contributed by atoms with E-state index in [0.29, 0.717) is 24.2 Å². The van der Waals surface area contributed by atoms with Crippen molar-refractivity contribution in [3.8, 4) is 22.7 Å². The molecule has 1 saturated carbocycles. The summed E-state index contributed by atoms with van der Waals surface area (Å²) in [6.07, 6.45) is 6.62. The first-order valence-corrected chi connectivity index (χ1v) is 13.2. The largest absolute Gasteiger partial charge is 0.502 e. The first-order valence-electron chi connectivity index (χ1n) is 13.2. The lowest BCUT2D eigenvalue weighted by atomic mass is 9.87. The van der Waals surface area contributed by atoms with Gasteiger partial charge in [0.25, 0.3) is 5.91 Å². The summed E-state index contributed by atoms with van der Waals surface area (Å²) >= 11 is 0. The lowest BCUT2D eigenvalue weighted by molar-refractivity contribution is 0.0348. The van der Waals surface area contributed by atoms with Gasteiger partial charge in [-0.2, -0.15) is 0 Å². The van der Waals surface area contributed by atoms with Crippen LogP contribution in [0.25, 0.3) is 16.9 Å². The molecule has 1 N–H and O–H groups in total. The van der Waals surface area contributed by atoms with E-state index in [1.807, 2.05) is 40.0 Å². The summed E-state index contributed by atoms with van der Waals surface area (Å²) in [5, 5.41) is 12.8. The minimum absolute atomic E-state index is 0.115. The van der Waals surface area contributed by atoms with E-state index < -0.39 is 40.9 Å². The topological polar surface area (TPSA) is 70.7 Å². The Bertz CT molecular complexity index is 1770. The first-order chi connectivity index (χ1) is 18.9. The van der Waals surface area contributed by atoms with Crippen LogP contribution in [0.4, 0.5) is 8.78 Å². The molecule has 2 atom stereocenters. The van der Waals surface area contributed by atoms with Gasteiger partial charge in [0.1, 0.15) is 12.2 Å². The highest BCUT2D eigenvalue weighted by molar-refractivity contribution is 5.96. The van der Waals surface area contributed by atoms with Gasteiger partial charge in [-0.05, 0) is 60.9 Å². The van der Waals surface area contributed by atoms with Crippen LogP contribution in [-0.2, 0) is 0 Å². The number of rotatable bonds is 1. The van der Waals surface area contributed by atoms with Crippen molar-refractivity contribution < 1.29 is 18.7 Å². The molecule has 4 aromatic rings. The molecule has 1 aliphatic carbocycles. The predicted octanol–water partition coefficient (Wildman–Crippen LogP) is 4.69. The summed E-state index contributed by atoms with van der Waals surface area (Å²) in [6, 6.07) is 14.6. The molecule has 9 heteroatoms. The Labute approximate surface area is 222 Å². The summed E-state index contributed by atoms with van der Waals surface area (Å²) in [5.74, 6) is -2.91. The van der Waals surface area contributed by atoms with E-state index in [4.69, 9.17) is 0 Å². The smallest absolute Gasteiger partial charge is 0.278 e. The SMILES string of the molecule is O=C1c2c(O)c(=O)ccn2N([C@@H]2c3ccccc3-n3cccc3-c3c2ccc(F)c3F)[C@@H]2CC3(CCN12)CC3. The standard InChI is InChI=1S/C30H24F2N4O3/c31-19-8-7-18-24(25(19)32)21-6-3-13-33(21)20-5-2-1-4-17(20)26(18)36-23-16-30(10-11-30)12-15-34(23)29(39)27-28(38)22(37)9-14-35(27)36/h1-9,13-14,23,26,38H,10-12,15-16H2/t23-,26-/m1/s1.